The number of aromatic nitrogens is 2. The van der Waals surface area contributed by atoms with Gasteiger partial charge in [-0.3, -0.25) is 0 Å². The lowest BCUT2D eigenvalue weighted by Crippen LogP contribution is -2.22. The summed E-state index contributed by atoms with van der Waals surface area (Å²) in [6.07, 6.45) is 4.22. The maximum absolute atomic E-state index is 12.3. The zero-order chi connectivity index (χ0) is 22.4. The normalized spacial score (nSPS) is 11.8. The number of sulfonamides is 1. The number of thiophene rings is 1. The van der Waals surface area contributed by atoms with Crippen molar-refractivity contribution in [2.75, 3.05) is 0 Å². The van der Waals surface area contributed by atoms with Gasteiger partial charge in [0.25, 0.3) is 5.89 Å². The Morgan fingerprint density at radius 3 is 2.72 bits per heavy atom. The van der Waals surface area contributed by atoms with E-state index in [0.717, 1.165) is 4.88 Å². The maximum Gasteiger partial charge on any atom is 0.331 e. The molecular weight excluding hydrogens is 454 g/mol. The summed E-state index contributed by atoms with van der Waals surface area (Å²) in [5.41, 5.74) is 0.631. The number of furan rings is 1. The predicted octanol–water partition coefficient (Wildman–Crippen LogP) is 3.63. The van der Waals surface area contributed by atoms with Crippen LogP contribution in [0.1, 0.15) is 17.1 Å². The van der Waals surface area contributed by atoms with Gasteiger partial charge in [-0.15, -0.1) is 11.3 Å². The molecule has 0 unspecified atom stereocenters. The molecule has 164 valence electrons. The van der Waals surface area contributed by atoms with Gasteiger partial charge >= 0.3 is 5.97 Å². The summed E-state index contributed by atoms with van der Waals surface area (Å²) in [5, 5.41) is 5.67. The molecule has 3 heterocycles. The molecule has 0 amide bonds. The minimum Gasteiger partial charge on any atom is -0.468 e. The average Bonchev–Trinajstić information content (AvgIpc) is 3.57. The molecule has 9 nitrogen and oxygen atoms in total. The third-order valence-corrected chi connectivity index (χ3v) is 6.44. The van der Waals surface area contributed by atoms with Gasteiger partial charge in [0.1, 0.15) is 5.76 Å². The lowest BCUT2D eigenvalue weighted by Gasteiger charge is -2.05. The van der Waals surface area contributed by atoms with Gasteiger partial charge < -0.3 is 13.7 Å². The van der Waals surface area contributed by atoms with Crippen molar-refractivity contribution in [2.45, 2.75) is 18.0 Å². The van der Waals surface area contributed by atoms with Crippen LogP contribution in [0.2, 0.25) is 0 Å². The second-order valence-corrected chi connectivity index (χ2v) is 9.12. The van der Waals surface area contributed by atoms with Crippen molar-refractivity contribution < 1.29 is 26.9 Å². The Morgan fingerprint density at radius 2 is 2.00 bits per heavy atom. The van der Waals surface area contributed by atoms with Gasteiger partial charge in [-0.05, 0) is 47.4 Å². The summed E-state index contributed by atoms with van der Waals surface area (Å²) in [4.78, 5) is 17.0. The average molecular weight is 472 g/mol. The highest BCUT2D eigenvalue weighted by Crippen LogP contribution is 2.22. The van der Waals surface area contributed by atoms with Gasteiger partial charge in [-0.2, -0.15) is 4.98 Å². The Hall–Kier alpha value is -3.54. The Balaban J connectivity index is 1.29. The molecule has 0 radical (unpaired) electrons. The fourth-order valence-electron chi connectivity index (χ4n) is 2.58. The lowest BCUT2D eigenvalue weighted by molar-refractivity contribution is -0.139. The van der Waals surface area contributed by atoms with Crippen molar-refractivity contribution in [3.63, 3.8) is 0 Å². The van der Waals surface area contributed by atoms with E-state index in [1.807, 2.05) is 17.5 Å². The number of nitrogens with one attached hydrogen (secondary N) is 1. The van der Waals surface area contributed by atoms with Crippen LogP contribution in [0.3, 0.4) is 0 Å². The summed E-state index contributed by atoms with van der Waals surface area (Å²) < 4.78 is 42.5. The number of rotatable bonds is 9. The third kappa shape index (κ3) is 5.58. The lowest BCUT2D eigenvalue weighted by atomic mass is 10.2. The summed E-state index contributed by atoms with van der Waals surface area (Å²) >= 11 is 1.46. The number of hydrogen-bond donors (Lipinski definition) is 1. The summed E-state index contributed by atoms with van der Waals surface area (Å²) in [6.45, 7) is -0.0748. The number of ether oxygens (including phenoxy) is 1. The molecule has 0 bridgehead atoms. The number of benzene rings is 1. The Kier molecular flexibility index (Phi) is 6.59. The minimum atomic E-state index is -3.69. The van der Waals surface area contributed by atoms with Crippen molar-refractivity contribution in [2.24, 2.45) is 0 Å². The molecule has 0 spiro atoms. The highest BCUT2D eigenvalue weighted by atomic mass is 32.2. The first-order chi connectivity index (χ1) is 15.5. The molecule has 0 aliphatic carbocycles. The van der Waals surface area contributed by atoms with Gasteiger partial charge in [0, 0.05) is 6.08 Å². The molecule has 3 aromatic heterocycles. The second-order valence-electron chi connectivity index (χ2n) is 6.41. The Bertz CT molecular complexity index is 1290. The third-order valence-electron chi connectivity index (χ3n) is 4.16. The zero-order valence-electron chi connectivity index (χ0n) is 16.5. The SMILES string of the molecule is O=C(/C=C/c1ccc(S(=O)(=O)NCc2ccco2)cc1)OCc1noc(-c2cccs2)n1. The number of esters is 1. The fourth-order valence-corrected chi connectivity index (χ4v) is 4.22. The van der Waals surface area contributed by atoms with Crippen LogP contribution in [-0.4, -0.2) is 24.5 Å². The molecule has 0 saturated heterocycles. The highest BCUT2D eigenvalue weighted by Gasteiger charge is 2.14. The van der Waals surface area contributed by atoms with E-state index in [9.17, 15) is 13.2 Å². The highest BCUT2D eigenvalue weighted by molar-refractivity contribution is 7.89. The Labute approximate surface area is 187 Å². The summed E-state index contributed by atoms with van der Waals surface area (Å²) in [7, 11) is -3.69. The molecule has 0 atom stereocenters. The molecule has 0 fully saturated rings. The summed E-state index contributed by atoms with van der Waals surface area (Å²) in [5.74, 6) is 0.543. The van der Waals surface area contributed by atoms with Crippen molar-refractivity contribution in [1.29, 1.82) is 0 Å². The van der Waals surface area contributed by atoms with Gasteiger partial charge in [0.05, 0.1) is 22.6 Å². The first-order valence-corrected chi connectivity index (χ1v) is 11.7. The predicted molar refractivity (Wildman–Crippen MR) is 116 cm³/mol. The van der Waals surface area contributed by atoms with Crippen molar-refractivity contribution in [1.82, 2.24) is 14.9 Å². The molecule has 0 aliphatic rings. The van der Waals surface area contributed by atoms with Crippen LogP contribution in [0.25, 0.3) is 16.8 Å². The molecule has 1 aromatic carbocycles. The van der Waals surface area contributed by atoms with Crippen LogP contribution in [0.4, 0.5) is 0 Å². The molecule has 11 heteroatoms. The zero-order valence-corrected chi connectivity index (χ0v) is 18.1. The van der Waals surface area contributed by atoms with Gasteiger partial charge in [-0.25, -0.2) is 17.9 Å². The number of carbonyl (C=O) groups is 1. The van der Waals surface area contributed by atoms with E-state index in [-0.39, 0.29) is 23.9 Å². The number of carbonyl (C=O) groups excluding carboxylic acids is 1. The van der Waals surface area contributed by atoms with Crippen molar-refractivity contribution in [3.05, 3.63) is 83.4 Å². The topological polar surface area (TPSA) is 125 Å². The second kappa shape index (κ2) is 9.73. The van der Waals surface area contributed by atoms with Crippen LogP contribution >= 0.6 is 11.3 Å². The number of nitrogens with zero attached hydrogens (tertiary/aromatic N) is 2. The van der Waals surface area contributed by atoms with E-state index in [1.54, 1.807) is 24.3 Å². The molecule has 1 N–H and O–H groups in total. The first-order valence-electron chi connectivity index (χ1n) is 9.33. The van der Waals surface area contributed by atoms with E-state index in [0.29, 0.717) is 17.2 Å². The van der Waals surface area contributed by atoms with Crippen molar-refractivity contribution in [3.8, 4) is 10.8 Å². The van der Waals surface area contributed by atoms with E-state index in [2.05, 4.69) is 14.9 Å². The smallest absolute Gasteiger partial charge is 0.331 e. The van der Waals surface area contributed by atoms with Gasteiger partial charge in [0.15, 0.2) is 6.61 Å². The molecular formula is C21H17N3O6S2. The van der Waals surface area contributed by atoms with Gasteiger partial charge in [-0.1, -0.05) is 23.4 Å². The molecule has 4 aromatic rings. The quantitative estimate of drug-likeness (QED) is 0.290. The first kappa shape index (κ1) is 21.7. The monoisotopic (exact) mass is 471 g/mol. The van der Waals surface area contributed by atoms with Crippen molar-refractivity contribution >= 4 is 33.4 Å². The standard InChI is InChI=1S/C21H17N3O6S2/c25-20(29-14-19-23-21(30-24-19)18-4-2-12-31-18)10-7-15-5-8-17(9-6-15)32(26,27)22-13-16-3-1-11-28-16/h1-12,22H,13-14H2/b10-7+. The molecule has 0 aliphatic heterocycles. The summed E-state index contributed by atoms with van der Waals surface area (Å²) in [6, 6.07) is 13.1. The van der Waals surface area contributed by atoms with Crippen LogP contribution < -0.4 is 4.72 Å². The molecule has 0 saturated carbocycles. The fraction of sp³-hybridized carbons (Fsp3) is 0.0952. The van der Waals surface area contributed by atoms with E-state index in [1.165, 1.54) is 41.9 Å². The Morgan fingerprint density at radius 1 is 1.16 bits per heavy atom. The van der Waals surface area contributed by atoms with Crippen LogP contribution in [0.5, 0.6) is 0 Å². The van der Waals surface area contributed by atoms with Gasteiger partial charge in [0.2, 0.25) is 15.8 Å². The van der Waals surface area contributed by atoms with Crippen LogP contribution in [0.15, 0.2) is 80.1 Å². The molecule has 32 heavy (non-hydrogen) atoms. The van der Waals surface area contributed by atoms with Crippen LogP contribution in [0, 0.1) is 0 Å². The molecule has 4 rings (SSSR count). The minimum absolute atomic E-state index is 0.0536. The largest absolute Gasteiger partial charge is 0.468 e. The maximum atomic E-state index is 12.3. The van der Waals surface area contributed by atoms with E-state index < -0.39 is 16.0 Å². The van der Waals surface area contributed by atoms with Crippen LogP contribution in [-0.2, 0) is 32.7 Å². The van der Waals surface area contributed by atoms with E-state index >= 15 is 0 Å². The number of hydrogen-bond acceptors (Lipinski definition) is 9. The van der Waals surface area contributed by atoms with E-state index in [4.69, 9.17) is 13.7 Å².